The Kier molecular flexibility index (Phi) is 3.88. The number of rotatable bonds is 4. The minimum atomic E-state index is -0.922. The van der Waals surface area contributed by atoms with E-state index in [1.165, 1.54) is 7.05 Å². The summed E-state index contributed by atoms with van der Waals surface area (Å²) in [5, 5.41) is 2.57. The Morgan fingerprint density at radius 1 is 1.19 bits per heavy atom. The lowest BCUT2D eigenvalue weighted by atomic mass is 10.2. The lowest BCUT2D eigenvalue weighted by molar-refractivity contribution is -0.142. The van der Waals surface area contributed by atoms with Crippen LogP contribution in [0.25, 0.3) is 0 Å². The summed E-state index contributed by atoms with van der Waals surface area (Å²) in [7, 11) is 1.22. The van der Waals surface area contributed by atoms with Crippen molar-refractivity contribution >= 4 is 35.1 Å². The van der Waals surface area contributed by atoms with Crippen molar-refractivity contribution in [1.82, 2.24) is 9.80 Å². The molecule has 1 heterocycles. The number of carbonyl (C=O) groups is 4. The quantitative estimate of drug-likeness (QED) is 0.461. The van der Waals surface area contributed by atoms with Crippen molar-refractivity contribution in [2.75, 3.05) is 24.6 Å². The molecule has 1 fully saturated rings. The zero-order chi connectivity index (χ0) is 15.6. The van der Waals surface area contributed by atoms with Crippen LogP contribution in [-0.2, 0) is 14.4 Å². The summed E-state index contributed by atoms with van der Waals surface area (Å²) in [5.74, 6) is -2.22. The number of imide groups is 2. The van der Waals surface area contributed by atoms with Gasteiger partial charge in [0.15, 0.2) is 0 Å². The summed E-state index contributed by atoms with van der Waals surface area (Å²) >= 11 is 0. The van der Waals surface area contributed by atoms with Crippen LogP contribution in [0.2, 0.25) is 0 Å². The van der Waals surface area contributed by atoms with Gasteiger partial charge < -0.3 is 11.1 Å². The van der Waals surface area contributed by atoms with Gasteiger partial charge in [-0.25, -0.2) is 4.79 Å². The number of benzene rings is 1. The Morgan fingerprint density at radius 3 is 2.43 bits per heavy atom. The molecule has 3 N–H and O–H groups in total. The third-order valence-corrected chi connectivity index (χ3v) is 3.05. The highest BCUT2D eigenvalue weighted by Crippen LogP contribution is 2.17. The summed E-state index contributed by atoms with van der Waals surface area (Å²) < 4.78 is 0. The maximum atomic E-state index is 11.8. The van der Waals surface area contributed by atoms with Gasteiger partial charge in [0.2, 0.25) is 5.91 Å². The summed E-state index contributed by atoms with van der Waals surface area (Å²) in [5.41, 5.74) is 6.55. The lowest BCUT2D eigenvalue weighted by Gasteiger charge is -2.13. The van der Waals surface area contributed by atoms with E-state index in [0.717, 1.165) is 9.80 Å². The van der Waals surface area contributed by atoms with Gasteiger partial charge in [0.1, 0.15) is 0 Å². The monoisotopic (exact) mass is 290 g/mol. The molecule has 0 bridgehead atoms. The number of likely N-dealkylation sites (N-methyl/N-ethyl adjacent to an activating group) is 1. The molecule has 110 valence electrons. The van der Waals surface area contributed by atoms with E-state index in [4.69, 9.17) is 5.73 Å². The fourth-order valence-electron chi connectivity index (χ4n) is 1.85. The molecule has 0 atom stereocenters. The molecule has 0 radical (unpaired) electrons. The molecule has 0 aromatic heterocycles. The Morgan fingerprint density at radius 2 is 1.86 bits per heavy atom. The minimum absolute atomic E-state index is 0.118. The zero-order valence-corrected chi connectivity index (χ0v) is 11.3. The zero-order valence-electron chi connectivity index (χ0n) is 11.3. The summed E-state index contributed by atoms with van der Waals surface area (Å²) in [6.45, 7) is -0.160. The number of nitrogen functional groups attached to an aromatic ring is 1. The smallest absolute Gasteiger partial charge is 0.333 e. The number of hydrogen-bond donors (Lipinski definition) is 2. The first-order valence-electron chi connectivity index (χ1n) is 6.19. The molecule has 0 unspecified atom stereocenters. The topological polar surface area (TPSA) is 113 Å². The average molecular weight is 290 g/mol. The second-order valence-corrected chi connectivity index (χ2v) is 4.49. The number of carbonyl (C=O) groups excluding carboxylic acids is 4. The Bertz CT molecular complexity index is 628. The van der Waals surface area contributed by atoms with Crippen LogP contribution >= 0.6 is 0 Å². The molecular weight excluding hydrogens is 276 g/mol. The van der Waals surface area contributed by atoms with Crippen molar-refractivity contribution < 1.29 is 19.2 Å². The highest BCUT2D eigenvalue weighted by molar-refractivity contribution is 6.44. The van der Waals surface area contributed by atoms with Gasteiger partial charge in [-0.3, -0.25) is 24.2 Å². The lowest BCUT2D eigenvalue weighted by Crippen LogP contribution is -2.34. The average Bonchev–Trinajstić information content (AvgIpc) is 2.64. The third-order valence-electron chi connectivity index (χ3n) is 3.05. The normalized spacial score (nSPS) is 14.8. The van der Waals surface area contributed by atoms with Gasteiger partial charge >= 0.3 is 17.8 Å². The van der Waals surface area contributed by atoms with Crippen LogP contribution in [0.5, 0.6) is 0 Å². The highest BCUT2D eigenvalue weighted by Gasteiger charge is 2.41. The van der Waals surface area contributed by atoms with Crippen LogP contribution in [0.1, 0.15) is 6.42 Å². The summed E-state index contributed by atoms with van der Waals surface area (Å²) in [4.78, 5) is 47.7. The van der Waals surface area contributed by atoms with Gasteiger partial charge in [0, 0.05) is 20.0 Å². The number of nitrogens with zero attached hydrogens (tertiary/aromatic N) is 2. The van der Waals surface area contributed by atoms with Crippen LogP contribution in [-0.4, -0.2) is 47.1 Å². The van der Waals surface area contributed by atoms with E-state index < -0.39 is 23.8 Å². The summed E-state index contributed by atoms with van der Waals surface area (Å²) in [6, 6.07) is 5.99. The predicted molar refractivity (Wildman–Crippen MR) is 74.0 cm³/mol. The van der Waals surface area contributed by atoms with Crippen LogP contribution < -0.4 is 11.1 Å². The van der Waals surface area contributed by atoms with Gasteiger partial charge in [0.05, 0.1) is 11.4 Å². The second-order valence-electron chi connectivity index (χ2n) is 4.49. The highest BCUT2D eigenvalue weighted by atomic mass is 16.2. The van der Waals surface area contributed by atoms with Gasteiger partial charge in [-0.05, 0) is 12.1 Å². The Labute approximate surface area is 120 Å². The maximum Gasteiger partial charge on any atom is 0.333 e. The van der Waals surface area contributed by atoms with E-state index >= 15 is 0 Å². The molecule has 8 heteroatoms. The van der Waals surface area contributed by atoms with E-state index in [-0.39, 0.29) is 13.0 Å². The SMILES string of the molecule is CN1C(=O)C(=O)N(CCC(=O)Nc2ccccc2N)C1=O. The molecule has 0 saturated carbocycles. The number of para-hydroxylation sites is 2. The van der Waals surface area contributed by atoms with E-state index in [0.29, 0.717) is 11.4 Å². The number of hydrogen-bond acceptors (Lipinski definition) is 5. The molecule has 5 amide bonds. The maximum absolute atomic E-state index is 11.8. The van der Waals surface area contributed by atoms with Crippen LogP contribution in [0.4, 0.5) is 16.2 Å². The number of amides is 5. The summed E-state index contributed by atoms with van der Waals surface area (Å²) in [6.07, 6.45) is -0.118. The number of anilines is 2. The van der Waals surface area contributed by atoms with Gasteiger partial charge in [-0.2, -0.15) is 0 Å². The van der Waals surface area contributed by atoms with Crippen molar-refractivity contribution in [2.45, 2.75) is 6.42 Å². The first-order chi connectivity index (χ1) is 9.91. The van der Waals surface area contributed by atoms with Crippen LogP contribution in [0.15, 0.2) is 24.3 Å². The molecule has 1 aromatic rings. The van der Waals surface area contributed by atoms with Gasteiger partial charge in [-0.1, -0.05) is 12.1 Å². The van der Waals surface area contributed by atoms with Crippen LogP contribution in [0.3, 0.4) is 0 Å². The second kappa shape index (κ2) is 5.61. The molecule has 8 nitrogen and oxygen atoms in total. The number of urea groups is 1. The third kappa shape index (κ3) is 2.83. The molecule has 21 heavy (non-hydrogen) atoms. The fraction of sp³-hybridized carbons (Fsp3) is 0.231. The number of nitrogens with one attached hydrogen (secondary N) is 1. The van der Waals surface area contributed by atoms with Crippen LogP contribution in [0, 0.1) is 0 Å². The molecule has 1 aliphatic heterocycles. The molecule has 0 spiro atoms. The molecule has 1 saturated heterocycles. The fourth-order valence-corrected chi connectivity index (χ4v) is 1.85. The largest absolute Gasteiger partial charge is 0.397 e. The van der Waals surface area contributed by atoms with E-state index in [9.17, 15) is 19.2 Å². The van der Waals surface area contributed by atoms with Crippen molar-refractivity contribution in [2.24, 2.45) is 0 Å². The van der Waals surface area contributed by atoms with E-state index in [1.807, 2.05) is 0 Å². The molecular formula is C13H14N4O4. The van der Waals surface area contributed by atoms with Crippen molar-refractivity contribution in [3.63, 3.8) is 0 Å². The Hall–Kier alpha value is -2.90. The molecule has 2 rings (SSSR count). The standard InChI is InChI=1S/C13H14N4O4/c1-16-11(19)12(20)17(13(16)21)7-6-10(18)15-9-5-3-2-4-8(9)14/h2-5H,6-7,14H2,1H3,(H,15,18). The molecule has 1 aliphatic rings. The van der Waals surface area contributed by atoms with Crippen molar-refractivity contribution in [3.8, 4) is 0 Å². The molecule has 0 aliphatic carbocycles. The first-order valence-corrected chi connectivity index (χ1v) is 6.19. The first kappa shape index (κ1) is 14.5. The number of nitrogens with two attached hydrogens (primary N) is 1. The van der Waals surface area contributed by atoms with Gasteiger partial charge in [-0.15, -0.1) is 0 Å². The predicted octanol–water partition coefficient (Wildman–Crippen LogP) is 0.0180. The van der Waals surface area contributed by atoms with Gasteiger partial charge in [0.25, 0.3) is 0 Å². The van der Waals surface area contributed by atoms with E-state index in [2.05, 4.69) is 5.32 Å². The van der Waals surface area contributed by atoms with Crippen molar-refractivity contribution in [3.05, 3.63) is 24.3 Å². The Balaban J connectivity index is 1.93. The minimum Gasteiger partial charge on any atom is -0.397 e. The van der Waals surface area contributed by atoms with Crippen molar-refractivity contribution in [1.29, 1.82) is 0 Å². The van der Waals surface area contributed by atoms with E-state index in [1.54, 1.807) is 24.3 Å². The molecule has 1 aromatic carbocycles.